The average Bonchev–Trinajstić information content (AvgIpc) is 2.54. The number of nitrogens with one attached hydrogen (secondary N) is 1. The fraction of sp³-hybridized carbons (Fsp3) is 0.133. The molecule has 3 aromatic rings. The molecule has 6 nitrogen and oxygen atoms in total. The molecule has 0 saturated heterocycles. The molecule has 0 fully saturated rings. The second-order valence-corrected chi connectivity index (χ2v) is 4.37. The van der Waals surface area contributed by atoms with E-state index in [9.17, 15) is 4.79 Å². The molecule has 0 bridgehead atoms. The van der Waals surface area contributed by atoms with Crippen molar-refractivity contribution in [1.82, 2.24) is 15.0 Å². The highest BCUT2D eigenvalue weighted by atomic mass is 16.5. The number of fused-ring (bicyclic) bond motifs is 1. The Morgan fingerprint density at radius 3 is 2.62 bits per heavy atom. The molecular formula is C15H13N3O3. The fourth-order valence-electron chi connectivity index (χ4n) is 2.11. The molecule has 0 aliphatic carbocycles. The number of ether oxygens (including phenoxy) is 2. The monoisotopic (exact) mass is 283 g/mol. The van der Waals surface area contributed by atoms with Gasteiger partial charge in [0.15, 0.2) is 17.0 Å². The number of aromatic amines is 1. The van der Waals surface area contributed by atoms with Crippen LogP contribution in [0.4, 0.5) is 0 Å². The van der Waals surface area contributed by atoms with Gasteiger partial charge in [0.2, 0.25) is 0 Å². The van der Waals surface area contributed by atoms with Crippen molar-refractivity contribution >= 4 is 11.0 Å². The van der Waals surface area contributed by atoms with Crippen LogP contribution in [0.1, 0.15) is 0 Å². The maximum absolute atomic E-state index is 11.8. The number of nitrogens with zero attached hydrogens (tertiary/aromatic N) is 2. The standard InChI is InChI=1S/C15H13N3O3/c1-20-12-6-3-9(7-13(12)21-2)10-4-5-11-14(18-10)15(19)17-8-16-11/h3-8H,1-2H3,(H,16,17,19). The van der Waals surface area contributed by atoms with Gasteiger partial charge in [-0.1, -0.05) is 0 Å². The smallest absolute Gasteiger partial charge is 0.277 e. The first-order chi connectivity index (χ1) is 10.2. The number of benzene rings is 1. The van der Waals surface area contributed by atoms with Gasteiger partial charge in [0.1, 0.15) is 0 Å². The van der Waals surface area contributed by atoms with Gasteiger partial charge in [-0.15, -0.1) is 0 Å². The summed E-state index contributed by atoms with van der Waals surface area (Å²) in [5.74, 6) is 1.25. The van der Waals surface area contributed by atoms with Crippen molar-refractivity contribution in [3.63, 3.8) is 0 Å². The molecule has 21 heavy (non-hydrogen) atoms. The van der Waals surface area contributed by atoms with E-state index in [2.05, 4.69) is 15.0 Å². The summed E-state index contributed by atoms with van der Waals surface area (Å²) in [5.41, 5.74) is 2.11. The van der Waals surface area contributed by atoms with Crippen LogP contribution < -0.4 is 15.0 Å². The van der Waals surface area contributed by atoms with Crippen molar-refractivity contribution < 1.29 is 9.47 Å². The summed E-state index contributed by atoms with van der Waals surface area (Å²) < 4.78 is 10.5. The minimum absolute atomic E-state index is 0.262. The molecule has 0 amide bonds. The Balaban J connectivity index is 2.16. The lowest BCUT2D eigenvalue weighted by Gasteiger charge is -2.09. The van der Waals surface area contributed by atoms with Gasteiger partial charge in [0, 0.05) is 5.56 Å². The molecule has 0 atom stereocenters. The van der Waals surface area contributed by atoms with E-state index >= 15 is 0 Å². The number of hydrogen-bond donors (Lipinski definition) is 1. The first-order valence-electron chi connectivity index (χ1n) is 6.30. The molecule has 1 N–H and O–H groups in total. The van der Waals surface area contributed by atoms with E-state index < -0.39 is 0 Å². The van der Waals surface area contributed by atoms with Gasteiger partial charge in [0.25, 0.3) is 5.56 Å². The van der Waals surface area contributed by atoms with Crippen LogP contribution in [0.15, 0.2) is 41.5 Å². The van der Waals surface area contributed by atoms with E-state index in [-0.39, 0.29) is 5.56 Å². The van der Waals surface area contributed by atoms with Crippen LogP contribution in [0.2, 0.25) is 0 Å². The van der Waals surface area contributed by atoms with Crippen LogP contribution in [0.5, 0.6) is 11.5 Å². The van der Waals surface area contributed by atoms with Crippen LogP contribution in [0.3, 0.4) is 0 Å². The summed E-state index contributed by atoms with van der Waals surface area (Å²) in [4.78, 5) is 22.8. The highest BCUT2D eigenvalue weighted by Crippen LogP contribution is 2.31. The van der Waals surface area contributed by atoms with E-state index in [0.717, 1.165) is 5.56 Å². The third kappa shape index (κ3) is 2.31. The van der Waals surface area contributed by atoms with Gasteiger partial charge >= 0.3 is 0 Å². The molecule has 1 aromatic carbocycles. The molecule has 0 aliphatic rings. The minimum Gasteiger partial charge on any atom is -0.493 e. The van der Waals surface area contributed by atoms with E-state index in [1.54, 1.807) is 26.4 Å². The Morgan fingerprint density at radius 2 is 1.86 bits per heavy atom. The number of aromatic nitrogens is 3. The van der Waals surface area contributed by atoms with Crippen LogP contribution in [-0.4, -0.2) is 29.2 Å². The fourth-order valence-corrected chi connectivity index (χ4v) is 2.11. The number of rotatable bonds is 3. The van der Waals surface area contributed by atoms with Crippen LogP contribution >= 0.6 is 0 Å². The lowest BCUT2D eigenvalue weighted by molar-refractivity contribution is 0.355. The topological polar surface area (TPSA) is 77.1 Å². The Labute approximate surface area is 120 Å². The third-order valence-corrected chi connectivity index (χ3v) is 3.17. The quantitative estimate of drug-likeness (QED) is 0.795. The molecular weight excluding hydrogens is 270 g/mol. The zero-order valence-corrected chi connectivity index (χ0v) is 11.6. The highest BCUT2D eigenvalue weighted by Gasteiger charge is 2.09. The molecule has 2 aromatic heterocycles. The molecule has 106 valence electrons. The predicted molar refractivity (Wildman–Crippen MR) is 78.7 cm³/mol. The van der Waals surface area contributed by atoms with Gasteiger partial charge in [-0.3, -0.25) is 4.79 Å². The number of hydrogen-bond acceptors (Lipinski definition) is 5. The maximum Gasteiger partial charge on any atom is 0.277 e. The Bertz CT molecular complexity index is 858. The van der Waals surface area contributed by atoms with Crippen LogP contribution in [0, 0.1) is 0 Å². The number of pyridine rings is 1. The van der Waals surface area contributed by atoms with E-state index in [0.29, 0.717) is 28.2 Å². The summed E-state index contributed by atoms with van der Waals surface area (Å²) in [6.45, 7) is 0. The van der Waals surface area contributed by atoms with Crippen molar-refractivity contribution in [2.45, 2.75) is 0 Å². The second-order valence-electron chi connectivity index (χ2n) is 4.37. The normalized spacial score (nSPS) is 10.6. The molecule has 0 unspecified atom stereocenters. The molecule has 0 saturated carbocycles. The average molecular weight is 283 g/mol. The second kappa shape index (κ2) is 5.24. The zero-order chi connectivity index (χ0) is 14.8. The summed E-state index contributed by atoms with van der Waals surface area (Å²) >= 11 is 0. The highest BCUT2D eigenvalue weighted by molar-refractivity contribution is 5.77. The third-order valence-electron chi connectivity index (χ3n) is 3.17. The summed E-state index contributed by atoms with van der Waals surface area (Å²) in [5, 5.41) is 0. The zero-order valence-electron chi connectivity index (χ0n) is 11.6. The maximum atomic E-state index is 11.8. The predicted octanol–water partition coefficient (Wildman–Crippen LogP) is 2.00. The van der Waals surface area contributed by atoms with Gasteiger partial charge < -0.3 is 14.5 Å². The van der Waals surface area contributed by atoms with Crippen molar-refractivity contribution in [2.24, 2.45) is 0 Å². The lowest BCUT2D eigenvalue weighted by atomic mass is 10.1. The molecule has 0 radical (unpaired) electrons. The molecule has 2 heterocycles. The first-order valence-corrected chi connectivity index (χ1v) is 6.30. The molecule has 3 rings (SSSR count). The first kappa shape index (κ1) is 13.1. The van der Waals surface area contributed by atoms with E-state index in [4.69, 9.17) is 9.47 Å². The summed E-state index contributed by atoms with van der Waals surface area (Å²) in [6.07, 6.45) is 1.36. The Hall–Kier alpha value is -2.89. The van der Waals surface area contributed by atoms with Crippen molar-refractivity contribution in [3.8, 4) is 22.8 Å². The minimum atomic E-state index is -0.262. The largest absolute Gasteiger partial charge is 0.493 e. The van der Waals surface area contributed by atoms with Gasteiger partial charge in [-0.25, -0.2) is 9.97 Å². The van der Waals surface area contributed by atoms with Gasteiger partial charge in [0.05, 0.1) is 31.8 Å². The summed E-state index contributed by atoms with van der Waals surface area (Å²) in [7, 11) is 3.15. The van der Waals surface area contributed by atoms with E-state index in [1.165, 1.54) is 6.33 Å². The van der Waals surface area contributed by atoms with Crippen LogP contribution in [0.25, 0.3) is 22.3 Å². The Morgan fingerprint density at radius 1 is 1.05 bits per heavy atom. The van der Waals surface area contributed by atoms with Crippen molar-refractivity contribution in [1.29, 1.82) is 0 Å². The lowest BCUT2D eigenvalue weighted by Crippen LogP contribution is -2.08. The van der Waals surface area contributed by atoms with Crippen molar-refractivity contribution in [2.75, 3.05) is 14.2 Å². The molecule has 0 aliphatic heterocycles. The van der Waals surface area contributed by atoms with Gasteiger partial charge in [-0.2, -0.15) is 0 Å². The summed E-state index contributed by atoms with van der Waals surface area (Å²) in [6, 6.07) is 9.06. The Kier molecular flexibility index (Phi) is 3.27. The van der Waals surface area contributed by atoms with Crippen molar-refractivity contribution in [3.05, 3.63) is 47.0 Å². The molecule has 6 heteroatoms. The number of methoxy groups -OCH3 is 2. The van der Waals surface area contributed by atoms with Gasteiger partial charge in [-0.05, 0) is 30.3 Å². The SMILES string of the molecule is COc1ccc(-c2ccc3nc[nH]c(=O)c3n2)cc1OC. The molecule has 0 spiro atoms. The van der Waals surface area contributed by atoms with E-state index in [1.807, 2.05) is 18.2 Å². The van der Waals surface area contributed by atoms with Crippen LogP contribution in [-0.2, 0) is 0 Å². The number of H-pyrrole nitrogens is 1.